The molecule has 2 aromatic carbocycles. The molecule has 0 aliphatic rings. The number of hydrogen-bond donors (Lipinski definition) is 1. The summed E-state index contributed by atoms with van der Waals surface area (Å²) in [4.78, 5) is 11.0. The van der Waals surface area contributed by atoms with Crippen molar-refractivity contribution in [2.24, 2.45) is 0 Å². The summed E-state index contributed by atoms with van der Waals surface area (Å²) in [7, 11) is 0. The number of halogens is 1. The first-order valence-corrected chi connectivity index (χ1v) is 6.53. The highest BCUT2D eigenvalue weighted by Crippen LogP contribution is 2.34. The highest BCUT2D eigenvalue weighted by atomic mass is 32.1. The van der Waals surface area contributed by atoms with Gasteiger partial charge >= 0.3 is 5.97 Å². The molecule has 94 valence electrons. The van der Waals surface area contributed by atoms with Gasteiger partial charge in [0.2, 0.25) is 0 Å². The minimum Gasteiger partial charge on any atom is -0.478 e. The van der Waals surface area contributed by atoms with Crippen molar-refractivity contribution in [2.45, 2.75) is 0 Å². The molecule has 0 amide bonds. The SMILES string of the molecule is O=C(O)c1ccc2scc(-c3ccc(F)cc3)c2c1. The minimum atomic E-state index is -0.946. The average Bonchev–Trinajstić information content (AvgIpc) is 2.82. The van der Waals surface area contributed by atoms with Crippen molar-refractivity contribution < 1.29 is 14.3 Å². The van der Waals surface area contributed by atoms with Gasteiger partial charge in [0, 0.05) is 15.6 Å². The van der Waals surface area contributed by atoms with E-state index in [4.69, 9.17) is 5.11 Å². The molecular weight excluding hydrogens is 263 g/mol. The first-order chi connectivity index (χ1) is 9.15. The monoisotopic (exact) mass is 272 g/mol. The van der Waals surface area contributed by atoms with Gasteiger partial charge in [-0.15, -0.1) is 11.3 Å². The Hall–Kier alpha value is -2.20. The van der Waals surface area contributed by atoms with E-state index in [1.165, 1.54) is 12.1 Å². The lowest BCUT2D eigenvalue weighted by Gasteiger charge is -2.01. The fourth-order valence-corrected chi connectivity index (χ4v) is 2.97. The normalized spacial score (nSPS) is 10.8. The van der Waals surface area contributed by atoms with Gasteiger partial charge in [-0.3, -0.25) is 0 Å². The summed E-state index contributed by atoms with van der Waals surface area (Å²) < 4.78 is 14.0. The molecule has 1 heterocycles. The van der Waals surface area contributed by atoms with Crippen molar-refractivity contribution in [1.82, 2.24) is 0 Å². The highest BCUT2D eigenvalue weighted by Gasteiger charge is 2.10. The Labute approximate surface area is 112 Å². The van der Waals surface area contributed by atoms with Gasteiger partial charge in [0.05, 0.1) is 5.56 Å². The fraction of sp³-hybridized carbons (Fsp3) is 0. The molecule has 0 spiro atoms. The highest BCUT2D eigenvalue weighted by molar-refractivity contribution is 7.17. The van der Waals surface area contributed by atoms with Crippen LogP contribution in [0.25, 0.3) is 21.2 Å². The predicted octanol–water partition coefficient (Wildman–Crippen LogP) is 4.41. The number of rotatable bonds is 2. The maximum Gasteiger partial charge on any atom is 0.335 e. The van der Waals surface area contributed by atoms with E-state index < -0.39 is 5.97 Å². The van der Waals surface area contributed by atoms with Crippen molar-refractivity contribution in [3.8, 4) is 11.1 Å². The van der Waals surface area contributed by atoms with E-state index in [0.717, 1.165) is 21.2 Å². The molecule has 0 radical (unpaired) electrons. The zero-order valence-electron chi connectivity index (χ0n) is 9.76. The van der Waals surface area contributed by atoms with Crippen molar-refractivity contribution >= 4 is 27.4 Å². The summed E-state index contributed by atoms with van der Waals surface area (Å²) >= 11 is 1.55. The lowest BCUT2D eigenvalue weighted by molar-refractivity contribution is 0.0697. The summed E-state index contributed by atoms with van der Waals surface area (Å²) in [5, 5.41) is 11.9. The second-order valence-electron chi connectivity index (χ2n) is 4.17. The average molecular weight is 272 g/mol. The number of carboxylic acid groups (broad SMARTS) is 1. The third-order valence-corrected chi connectivity index (χ3v) is 3.94. The number of carboxylic acids is 1. The molecule has 1 aromatic heterocycles. The minimum absolute atomic E-state index is 0.259. The molecule has 0 fully saturated rings. The summed E-state index contributed by atoms with van der Waals surface area (Å²) in [6, 6.07) is 11.3. The number of hydrogen-bond acceptors (Lipinski definition) is 2. The van der Waals surface area contributed by atoms with Crippen LogP contribution < -0.4 is 0 Å². The Kier molecular flexibility index (Phi) is 2.80. The maximum atomic E-state index is 12.9. The molecule has 3 aromatic rings. The molecule has 0 atom stereocenters. The van der Waals surface area contributed by atoms with E-state index in [2.05, 4.69) is 0 Å². The van der Waals surface area contributed by atoms with Crippen LogP contribution in [0.1, 0.15) is 10.4 Å². The number of aromatic carboxylic acids is 1. The molecule has 4 heteroatoms. The summed E-state index contributed by atoms with van der Waals surface area (Å²) in [5.41, 5.74) is 2.08. The molecule has 1 N–H and O–H groups in total. The third-order valence-electron chi connectivity index (χ3n) is 2.98. The third kappa shape index (κ3) is 2.11. The Morgan fingerprint density at radius 2 is 1.84 bits per heavy atom. The second kappa shape index (κ2) is 4.48. The van der Waals surface area contributed by atoms with Gasteiger partial charge in [0.1, 0.15) is 5.82 Å². The quantitative estimate of drug-likeness (QED) is 0.750. The molecule has 0 bridgehead atoms. The largest absolute Gasteiger partial charge is 0.478 e. The van der Waals surface area contributed by atoms with E-state index in [0.29, 0.717) is 0 Å². The van der Waals surface area contributed by atoms with Crippen LogP contribution in [0.3, 0.4) is 0 Å². The van der Waals surface area contributed by atoms with Crippen LogP contribution in [0.5, 0.6) is 0 Å². The summed E-state index contributed by atoms with van der Waals surface area (Å²) in [5.74, 6) is -1.23. The van der Waals surface area contributed by atoms with E-state index in [-0.39, 0.29) is 11.4 Å². The van der Waals surface area contributed by atoms with Gasteiger partial charge in [-0.1, -0.05) is 12.1 Å². The molecule has 0 aliphatic heterocycles. The number of benzene rings is 2. The van der Waals surface area contributed by atoms with E-state index in [9.17, 15) is 9.18 Å². The van der Waals surface area contributed by atoms with Crippen molar-refractivity contribution in [1.29, 1.82) is 0 Å². The second-order valence-corrected chi connectivity index (χ2v) is 5.08. The standard InChI is InChI=1S/C15H9FO2S/c16-11-4-1-9(2-5-11)13-8-19-14-6-3-10(15(17)18)7-12(13)14/h1-8H,(H,17,18). The van der Waals surface area contributed by atoms with Gasteiger partial charge in [-0.25, -0.2) is 9.18 Å². The molecular formula is C15H9FO2S. The predicted molar refractivity (Wildman–Crippen MR) is 74.2 cm³/mol. The van der Waals surface area contributed by atoms with Crippen LogP contribution >= 0.6 is 11.3 Å². The number of carbonyl (C=O) groups is 1. The van der Waals surface area contributed by atoms with Gasteiger partial charge < -0.3 is 5.11 Å². The first-order valence-electron chi connectivity index (χ1n) is 5.65. The molecule has 0 saturated carbocycles. The Balaban J connectivity index is 2.21. The van der Waals surface area contributed by atoms with Crippen LogP contribution in [0.4, 0.5) is 4.39 Å². The van der Waals surface area contributed by atoms with E-state index in [1.807, 2.05) is 5.38 Å². The molecule has 3 rings (SSSR count). The Morgan fingerprint density at radius 3 is 2.53 bits per heavy atom. The topological polar surface area (TPSA) is 37.3 Å². The van der Waals surface area contributed by atoms with E-state index >= 15 is 0 Å². The lowest BCUT2D eigenvalue weighted by atomic mass is 10.0. The van der Waals surface area contributed by atoms with Gasteiger partial charge in [0.25, 0.3) is 0 Å². The molecule has 19 heavy (non-hydrogen) atoms. The van der Waals surface area contributed by atoms with Crippen LogP contribution in [-0.2, 0) is 0 Å². The zero-order chi connectivity index (χ0) is 13.4. The maximum absolute atomic E-state index is 12.9. The summed E-state index contributed by atoms with van der Waals surface area (Å²) in [6.45, 7) is 0. The van der Waals surface area contributed by atoms with Gasteiger partial charge in [-0.05, 0) is 41.3 Å². The van der Waals surface area contributed by atoms with Crippen molar-refractivity contribution in [3.63, 3.8) is 0 Å². The molecule has 0 saturated heterocycles. The number of fused-ring (bicyclic) bond motifs is 1. The van der Waals surface area contributed by atoms with Crippen LogP contribution in [-0.4, -0.2) is 11.1 Å². The zero-order valence-corrected chi connectivity index (χ0v) is 10.6. The Bertz CT molecular complexity index is 759. The first kappa shape index (κ1) is 11.9. The molecule has 0 aliphatic carbocycles. The number of thiophene rings is 1. The van der Waals surface area contributed by atoms with Gasteiger partial charge in [-0.2, -0.15) is 0 Å². The fourth-order valence-electron chi connectivity index (χ4n) is 2.02. The van der Waals surface area contributed by atoms with Crippen molar-refractivity contribution in [3.05, 3.63) is 59.2 Å². The Morgan fingerprint density at radius 1 is 1.11 bits per heavy atom. The van der Waals surface area contributed by atoms with Crippen LogP contribution in [0.2, 0.25) is 0 Å². The van der Waals surface area contributed by atoms with Crippen LogP contribution in [0.15, 0.2) is 47.8 Å². The molecule has 2 nitrogen and oxygen atoms in total. The summed E-state index contributed by atoms with van der Waals surface area (Å²) in [6.07, 6.45) is 0. The van der Waals surface area contributed by atoms with E-state index in [1.54, 1.807) is 41.7 Å². The molecule has 0 unspecified atom stereocenters. The smallest absolute Gasteiger partial charge is 0.335 e. The van der Waals surface area contributed by atoms with Crippen LogP contribution in [0, 0.1) is 5.82 Å². The van der Waals surface area contributed by atoms with Gasteiger partial charge in [0.15, 0.2) is 0 Å². The van der Waals surface area contributed by atoms with Crippen molar-refractivity contribution in [2.75, 3.05) is 0 Å². The lowest BCUT2D eigenvalue weighted by Crippen LogP contribution is -1.94.